The first-order chi connectivity index (χ1) is 6.79. The molecule has 1 aromatic rings. The topological polar surface area (TPSA) is 33.2 Å². The Morgan fingerprint density at radius 1 is 1.57 bits per heavy atom. The summed E-state index contributed by atoms with van der Waals surface area (Å²) in [4.78, 5) is 6.57. The number of nitrogens with zero attached hydrogens (tertiary/aromatic N) is 2. The van der Waals surface area contributed by atoms with Crippen molar-refractivity contribution in [2.45, 2.75) is 5.88 Å². The van der Waals surface area contributed by atoms with E-state index in [1.807, 2.05) is 5.38 Å². The molecule has 78 valence electrons. The van der Waals surface area contributed by atoms with E-state index >= 15 is 0 Å². The van der Waals surface area contributed by atoms with Crippen LogP contribution in [0.2, 0.25) is 0 Å². The Morgan fingerprint density at radius 3 is 2.86 bits per heavy atom. The molecule has 0 unspecified atom stereocenters. The third-order valence-electron chi connectivity index (χ3n) is 2.12. The Balaban J connectivity index is 2.04. The molecule has 0 spiro atoms. The summed E-state index contributed by atoms with van der Waals surface area (Å²) < 4.78 is 11.1. The highest BCUT2D eigenvalue weighted by atomic mass is 35.5. The maximum absolute atomic E-state index is 11.1. The van der Waals surface area contributed by atoms with Gasteiger partial charge in [-0.3, -0.25) is 4.21 Å². The maximum Gasteiger partial charge on any atom is 0.185 e. The zero-order chi connectivity index (χ0) is 9.97. The van der Waals surface area contributed by atoms with Crippen molar-refractivity contribution in [3.8, 4) is 0 Å². The van der Waals surface area contributed by atoms with Crippen LogP contribution in [0.5, 0.6) is 0 Å². The third-order valence-corrected chi connectivity index (χ3v) is 4.62. The average molecular weight is 251 g/mol. The van der Waals surface area contributed by atoms with Gasteiger partial charge in [0.15, 0.2) is 5.13 Å². The van der Waals surface area contributed by atoms with Gasteiger partial charge in [0, 0.05) is 40.8 Å². The second kappa shape index (κ2) is 4.59. The normalized spacial score (nSPS) is 18.8. The fraction of sp³-hybridized carbons (Fsp3) is 0.625. The molecular weight excluding hydrogens is 240 g/mol. The quantitative estimate of drug-likeness (QED) is 0.745. The Morgan fingerprint density at radius 2 is 2.29 bits per heavy atom. The van der Waals surface area contributed by atoms with Crippen molar-refractivity contribution >= 4 is 38.9 Å². The molecule has 0 bridgehead atoms. The van der Waals surface area contributed by atoms with Crippen LogP contribution in [0.25, 0.3) is 0 Å². The maximum atomic E-state index is 11.1. The first-order valence-electron chi connectivity index (χ1n) is 4.40. The summed E-state index contributed by atoms with van der Waals surface area (Å²) >= 11 is 7.29. The Kier molecular flexibility index (Phi) is 3.41. The predicted molar refractivity (Wildman–Crippen MR) is 61.8 cm³/mol. The van der Waals surface area contributed by atoms with E-state index in [0.717, 1.165) is 35.4 Å². The Hall–Kier alpha value is -0.130. The van der Waals surface area contributed by atoms with Crippen molar-refractivity contribution in [2.75, 3.05) is 29.5 Å². The molecule has 1 saturated heterocycles. The highest BCUT2D eigenvalue weighted by molar-refractivity contribution is 7.85. The van der Waals surface area contributed by atoms with Crippen molar-refractivity contribution in [2.24, 2.45) is 0 Å². The van der Waals surface area contributed by atoms with Gasteiger partial charge in [0.25, 0.3) is 0 Å². The molecule has 0 amide bonds. The molecule has 1 aliphatic heterocycles. The van der Waals surface area contributed by atoms with Crippen LogP contribution in [0.1, 0.15) is 5.69 Å². The molecule has 3 nitrogen and oxygen atoms in total. The van der Waals surface area contributed by atoms with E-state index in [-0.39, 0.29) is 0 Å². The van der Waals surface area contributed by atoms with Crippen molar-refractivity contribution in [3.05, 3.63) is 11.1 Å². The number of thiazole rings is 1. The van der Waals surface area contributed by atoms with Crippen LogP contribution in [0.15, 0.2) is 5.38 Å². The lowest BCUT2D eigenvalue weighted by molar-refractivity contribution is 0.673. The smallest absolute Gasteiger partial charge is 0.185 e. The second-order valence-electron chi connectivity index (χ2n) is 3.09. The standard InChI is InChI=1S/C8H11ClN2OS2/c9-5-7-6-13-8(10-7)11-1-3-14(12)4-2-11/h6H,1-5H2. The first kappa shape index (κ1) is 10.4. The second-order valence-corrected chi connectivity index (χ2v) is 5.89. The van der Waals surface area contributed by atoms with E-state index in [4.69, 9.17) is 11.6 Å². The van der Waals surface area contributed by atoms with Crippen molar-refractivity contribution in [3.63, 3.8) is 0 Å². The Bertz CT molecular complexity index is 332. The Labute approximate surface area is 94.5 Å². The minimum Gasteiger partial charge on any atom is -0.346 e. The van der Waals surface area contributed by atoms with Crippen LogP contribution < -0.4 is 4.90 Å². The van der Waals surface area contributed by atoms with Crippen LogP contribution in [0.3, 0.4) is 0 Å². The number of hydrogen-bond acceptors (Lipinski definition) is 4. The van der Waals surface area contributed by atoms with E-state index in [0.29, 0.717) is 5.88 Å². The lowest BCUT2D eigenvalue weighted by atomic mass is 10.5. The summed E-state index contributed by atoms with van der Waals surface area (Å²) in [5, 5.41) is 2.99. The largest absolute Gasteiger partial charge is 0.346 e. The number of alkyl halides is 1. The fourth-order valence-electron chi connectivity index (χ4n) is 1.33. The number of anilines is 1. The minimum atomic E-state index is -0.621. The highest BCUT2D eigenvalue weighted by Crippen LogP contribution is 2.22. The minimum absolute atomic E-state index is 0.469. The molecule has 1 fully saturated rings. The molecule has 0 radical (unpaired) electrons. The zero-order valence-electron chi connectivity index (χ0n) is 7.61. The van der Waals surface area contributed by atoms with Crippen LogP contribution in [-0.4, -0.2) is 33.8 Å². The van der Waals surface area contributed by atoms with Gasteiger partial charge in [0.1, 0.15) is 0 Å². The van der Waals surface area contributed by atoms with E-state index in [1.165, 1.54) is 0 Å². The van der Waals surface area contributed by atoms with E-state index in [9.17, 15) is 4.21 Å². The molecule has 0 saturated carbocycles. The lowest BCUT2D eigenvalue weighted by Gasteiger charge is -2.25. The van der Waals surface area contributed by atoms with Crippen molar-refractivity contribution < 1.29 is 4.21 Å². The lowest BCUT2D eigenvalue weighted by Crippen LogP contribution is -2.37. The number of rotatable bonds is 2. The SMILES string of the molecule is O=S1CCN(c2nc(CCl)cs2)CC1. The molecule has 0 atom stereocenters. The number of halogens is 1. The van der Waals surface area contributed by atoms with Gasteiger partial charge in [-0.25, -0.2) is 4.98 Å². The van der Waals surface area contributed by atoms with Gasteiger partial charge < -0.3 is 4.90 Å². The molecular formula is C8H11ClN2OS2. The summed E-state index contributed by atoms with van der Waals surface area (Å²) in [7, 11) is -0.621. The van der Waals surface area contributed by atoms with Gasteiger partial charge in [-0.1, -0.05) is 0 Å². The summed E-state index contributed by atoms with van der Waals surface area (Å²) in [6, 6.07) is 0. The molecule has 6 heteroatoms. The number of aromatic nitrogens is 1. The van der Waals surface area contributed by atoms with Gasteiger partial charge in [-0.05, 0) is 0 Å². The highest BCUT2D eigenvalue weighted by Gasteiger charge is 2.17. The van der Waals surface area contributed by atoms with Crippen molar-refractivity contribution in [1.82, 2.24) is 4.98 Å². The van der Waals surface area contributed by atoms with Crippen molar-refractivity contribution in [1.29, 1.82) is 0 Å². The molecule has 0 aromatic carbocycles. The molecule has 14 heavy (non-hydrogen) atoms. The first-order valence-corrected chi connectivity index (χ1v) is 7.30. The van der Waals surface area contributed by atoms with Crippen LogP contribution in [-0.2, 0) is 16.7 Å². The van der Waals surface area contributed by atoms with E-state index in [1.54, 1.807) is 11.3 Å². The molecule has 0 aliphatic carbocycles. The molecule has 2 rings (SSSR count). The van der Waals surface area contributed by atoms with Gasteiger partial charge >= 0.3 is 0 Å². The van der Waals surface area contributed by atoms with Gasteiger partial charge in [0.05, 0.1) is 11.6 Å². The molecule has 0 N–H and O–H groups in total. The van der Waals surface area contributed by atoms with Gasteiger partial charge in [-0.2, -0.15) is 0 Å². The molecule has 2 heterocycles. The van der Waals surface area contributed by atoms with E-state index < -0.39 is 10.8 Å². The number of hydrogen-bond donors (Lipinski definition) is 0. The monoisotopic (exact) mass is 250 g/mol. The van der Waals surface area contributed by atoms with Crippen LogP contribution >= 0.6 is 22.9 Å². The summed E-state index contributed by atoms with van der Waals surface area (Å²) in [5.41, 5.74) is 0.929. The van der Waals surface area contributed by atoms with Gasteiger partial charge in [-0.15, -0.1) is 22.9 Å². The third kappa shape index (κ3) is 2.27. The van der Waals surface area contributed by atoms with Crippen LogP contribution in [0.4, 0.5) is 5.13 Å². The summed E-state index contributed by atoms with van der Waals surface area (Å²) in [5.74, 6) is 1.99. The summed E-state index contributed by atoms with van der Waals surface area (Å²) in [6.07, 6.45) is 0. The van der Waals surface area contributed by atoms with E-state index in [2.05, 4.69) is 9.88 Å². The fourth-order valence-corrected chi connectivity index (χ4v) is 3.49. The summed E-state index contributed by atoms with van der Waals surface area (Å²) in [6.45, 7) is 1.70. The van der Waals surface area contributed by atoms with Crippen LogP contribution in [0, 0.1) is 0 Å². The molecule has 1 aliphatic rings. The molecule has 1 aromatic heterocycles. The zero-order valence-corrected chi connectivity index (χ0v) is 10.00. The van der Waals surface area contributed by atoms with Gasteiger partial charge in [0.2, 0.25) is 0 Å². The predicted octanol–water partition coefficient (Wildman–Crippen LogP) is 1.45. The average Bonchev–Trinajstić information content (AvgIpc) is 2.67.